The number of ether oxygens (including phenoxy) is 4. The number of fused-ring (bicyclic) bond motifs is 2. The fourth-order valence-corrected chi connectivity index (χ4v) is 5.47. The Hall–Kier alpha value is -5.91. The van der Waals surface area contributed by atoms with Crippen molar-refractivity contribution in [1.82, 2.24) is 19.4 Å². The highest BCUT2D eigenvalue weighted by atomic mass is 16.5. The van der Waals surface area contributed by atoms with Gasteiger partial charge in [-0.3, -0.25) is 4.79 Å². The summed E-state index contributed by atoms with van der Waals surface area (Å²) >= 11 is 0. The largest absolute Gasteiger partial charge is 0.492 e. The van der Waals surface area contributed by atoms with E-state index in [0.29, 0.717) is 48.7 Å². The van der Waals surface area contributed by atoms with Crippen molar-refractivity contribution in [2.75, 3.05) is 55.6 Å². The predicted octanol–water partition coefficient (Wildman–Crippen LogP) is 6.72. The number of carbonyl (C=O) groups is 3. The van der Waals surface area contributed by atoms with E-state index in [1.165, 1.54) is 19.8 Å². The summed E-state index contributed by atoms with van der Waals surface area (Å²) in [6.45, 7) is 3.29. The minimum absolute atomic E-state index is 0.325. The van der Waals surface area contributed by atoms with Crippen molar-refractivity contribution in [2.45, 2.75) is 19.6 Å². The van der Waals surface area contributed by atoms with Gasteiger partial charge < -0.3 is 38.3 Å². The molecule has 11 heteroatoms. The van der Waals surface area contributed by atoms with Gasteiger partial charge in [-0.05, 0) is 117 Å². The molecule has 0 atom stereocenters. The second kappa shape index (κ2) is 20.2. The third-order valence-electron chi connectivity index (χ3n) is 8.03. The summed E-state index contributed by atoms with van der Waals surface area (Å²) in [7, 11) is 10.6. The molecular weight excluding hydrogens is 672 g/mol. The second-order valence-electron chi connectivity index (χ2n) is 12.3. The fraction of sp³-hybridized carbons (Fsp3) is 0.262. The van der Waals surface area contributed by atoms with Gasteiger partial charge in [0.05, 0.1) is 38.4 Å². The monoisotopic (exact) mass is 720 g/mol. The van der Waals surface area contributed by atoms with Crippen molar-refractivity contribution >= 4 is 40.0 Å². The van der Waals surface area contributed by atoms with Crippen molar-refractivity contribution in [1.29, 1.82) is 0 Å². The lowest BCUT2D eigenvalue weighted by Gasteiger charge is -2.11. The first-order valence-corrected chi connectivity index (χ1v) is 17.2. The molecule has 53 heavy (non-hydrogen) atoms. The Morgan fingerprint density at radius 1 is 0.660 bits per heavy atom. The molecular formula is C42H48N4O7. The van der Waals surface area contributed by atoms with Crippen LogP contribution >= 0.6 is 0 Å². The minimum Gasteiger partial charge on any atom is -0.492 e. The number of hydrogen-bond acceptors (Lipinski definition) is 9. The molecule has 2 aromatic heterocycles. The molecule has 278 valence electrons. The van der Waals surface area contributed by atoms with Crippen LogP contribution in [0.2, 0.25) is 0 Å². The Morgan fingerprint density at radius 2 is 1.09 bits per heavy atom. The molecule has 0 bridgehead atoms. The smallest absolute Gasteiger partial charge is 0.337 e. The van der Waals surface area contributed by atoms with Gasteiger partial charge in [0.2, 0.25) is 0 Å². The molecule has 0 fully saturated rings. The van der Waals surface area contributed by atoms with Crippen LogP contribution in [-0.4, -0.2) is 87.9 Å². The topological polar surface area (TPSA) is 113 Å². The lowest BCUT2D eigenvalue weighted by Crippen LogP contribution is -2.10. The van der Waals surface area contributed by atoms with Crippen LogP contribution < -0.4 is 14.8 Å². The maximum Gasteiger partial charge on any atom is 0.337 e. The van der Waals surface area contributed by atoms with Gasteiger partial charge in [-0.2, -0.15) is 0 Å². The number of nitrogens with one attached hydrogen (secondary N) is 1. The van der Waals surface area contributed by atoms with Crippen molar-refractivity contribution in [3.8, 4) is 11.5 Å². The second-order valence-corrected chi connectivity index (χ2v) is 12.3. The molecule has 0 aliphatic heterocycles. The normalized spacial score (nSPS) is 10.5. The van der Waals surface area contributed by atoms with Crippen molar-refractivity contribution in [3.63, 3.8) is 0 Å². The molecule has 6 rings (SSSR count). The Morgan fingerprint density at radius 3 is 1.49 bits per heavy atom. The molecule has 11 nitrogen and oxygen atoms in total. The highest BCUT2D eigenvalue weighted by Gasteiger charge is 2.10. The van der Waals surface area contributed by atoms with E-state index < -0.39 is 0 Å². The lowest BCUT2D eigenvalue weighted by molar-refractivity contribution is 0.0592. The number of esters is 2. The van der Waals surface area contributed by atoms with E-state index in [9.17, 15) is 14.4 Å². The number of aromatic nitrogens is 2. The highest BCUT2D eigenvalue weighted by Crippen LogP contribution is 2.21. The fourth-order valence-electron chi connectivity index (χ4n) is 5.47. The zero-order valence-electron chi connectivity index (χ0n) is 31.2. The van der Waals surface area contributed by atoms with Gasteiger partial charge in [0.25, 0.3) is 0 Å². The number of rotatable bonds is 13. The zero-order chi connectivity index (χ0) is 38.2. The van der Waals surface area contributed by atoms with E-state index in [1.807, 2.05) is 79.6 Å². The van der Waals surface area contributed by atoms with Gasteiger partial charge in [0.1, 0.15) is 31.0 Å². The molecule has 0 amide bonds. The minimum atomic E-state index is -0.351. The molecule has 0 radical (unpaired) electrons. The average Bonchev–Trinajstić information content (AvgIpc) is 3.78. The summed E-state index contributed by atoms with van der Waals surface area (Å²) in [4.78, 5) is 36.2. The lowest BCUT2D eigenvalue weighted by atomic mass is 10.1. The Bertz CT molecular complexity index is 2070. The summed E-state index contributed by atoms with van der Waals surface area (Å²) in [6, 6.07) is 30.2. The molecule has 2 heterocycles. The van der Waals surface area contributed by atoms with Crippen LogP contribution in [0.1, 0.15) is 36.6 Å². The number of hydrogen-bond donors (Lipinski definition) is 1. The van der Waals surface area contributed by atoms with Gasteiger partial charge in [0, 0.05) is 35.5 Å². The van der Waals surface area contributed by atoms with Crippen LogP contribution in [0, 0.1) is 0 Å². The summed E-state index contributed by atoms with van der Waals surface area (Å²) < 4.78 is 25.2. The SMILES string of the molecule is CNC.COC(=O)c1ccc2ccn(CCOc3ccc(C=O)cc3)c2c1.COC(=O)c1ccc2ccn(CCOc3ccc(CN(C)C)cc3)c2c1. The van der Waals surface area contributed by atoms with E-state index in [2.05, 4.69) is 41.0 Å². The molecule has 4 aromatic carbocycles. The zero-order valence-corrected chi connectivity index (χ0v) is 31.2. The molecule has 1 N–H and O–H groups in total. The molecule has 0 spiro atoms. The Balaban J connectivity index is 0.000000221. The third-order valence-corrected chi connectivity index (χ3v) is 8.03. The first kappa shape index (κ1) is 39.9. The number of aldehydes is 1. The molecule has 0 saturated heterocycles. The van der Waals surface area contributed by atoms with Crippen LogP contribution in [0.15, 0.2) is 109 Å². The van der Waals surface area contributed by atoms with Crippen LogP contribution in [-0.2, 0) is 29.1 Å². The number of methoxy groups -OCH3 is 2. The molecule has 0 saturated carbocycles. The highest BCUT2D eigenvalue weighted by molar-refractivity contribution is 5.95. The van der Waals surface area contributed by atoms with Crippen molar-refractivity contribution in [3.05, 3.63) is 132 Å². The van der Waals surface area contributed by atoms with E-state index in [4.69, 9.17) is 18.9 Å². The van der Waals surface area contributed by atoms with Gasteiger partial charge in [-0.1, -0.05) is 24.3 Å². The van der Waals surface area contributed by atoms with E-state index in [-0.39, 0.29) is 11.9 Å². The van der Waals surface area contributed by atoms with Gasteiger partial charge in [-0.25, -0.2) is 9.59 Å². The molecule has 6 aromatic rings. The van der Waals surface area contributed by atoms with Crippen molar-refractivity contribution < 1.29 is 33.3 Å². The van der Waals surface area contributed by atoms with E-state index >= 15 is 0 Å². The quantitative estimate of drug-likeness (QED) is 0.103. The van der Waals surface area contributed by atoms with Crippen LogP contribution in [0.5, 0.6) is 11.5 Å². The third kappa shape index (κ3) is 11.5. The van der Waals surface area contributed by atoms with Crippen LogP contribution in [0.4, 0.5) is 0 Å². The number of carbonyl (C=O) groups excluding carboxylic acids is 3. The maximum absolute atomic E-state index is 11.7. The van der Waals surface area contributed by atoms with Gasteiger partial charge in [-0.15, -0.1) is 0 Å². The summed E-state index contributed by atoms with van der Waals surface area (Å²) in [5, 5.41) is 4.89. The predicted molar refractivity (Wildman–Crippen MR) is 208 cm³/mol. The summed E-state index contributed by atoms with van der Waals surface area (Å²) in [6.07, 6.45) is 4.77. The first-order valence-electron chi connectivity index (χ1n) is 17.2. The summed E-state index contributed by atoms with van der Waals surface area (Å²) in [5.74, 6) is 0.899. The van der Waals surface area contributed by atoms with Crippen LogP contribution in [0.3, 0.4) is 0 Å². The van der Waals surface area contributed by atoms with Gasteiger partial charge in [0.15, 0.2) is 0 Å². The molecule has 0 unspecified atom stereocenters. The number of nitrogens with zero attached hydrogens (tertiary/aromatic N) is 3. The first-order chi connectivity index (χ1) is 25.7. The summed E-state index contributed by atoms with van der Waals surface area (Å²) in [5.41, 5.74) is 4.91. The molecule has 0 aliphatic rings. The maximum atomic E-state index is 11.7. The Kier molecular flexibility index (Phi) is 15.2. The van der Waals surface area contributed by atoms with E-state index in [0.717, 1.165) is 40.4 Å². The van der Waals surface area contributed by atoms with E-state index in [1.54, 1.807) is 36.4 Å². The Labute approximate surface area is 310 Å². The van der Waals surface area contributed by atoms with Gasteiger partial charge >= 0.3 is 11.9 Å². The average molecular weight is 721 g/mol. The standard InChI is InChI=1S/C21H24N2O3.C19H17NO4.C2H7N/c1-22(2)15-16-4-8-19(9-5-16)26-13-12-23-11-10-17-6-7-18(14-20(17)23)21(24)25-3;1-23-19(22)16-5-4-15-8-9-20(18(15)12-16)10-11-24-17-6-2-14(13-21)3-7-17;1-3-2/h4-11,14H,12-13,15H2,1-3H3;2-9,12-13H,10-11H2,1H3;3H,1-2H3. The van der Waals surface area contributed by atoms with Crippen molar-refractivity contribution in [2.24, 2.45) is 0 Å². The molecule has 0 aliphatic carbocycles. The number of benzene rings is 4. The van der Waals surface area contributed by atoms with Crippen LogP contribution in [0.25, 0.3) is 21.8 Å².